The summed E-state index contributed by atoms with van der Waals surface area (Å²) in [5.74, 6) is -0.240. The van der Waals surface area contributed by atoms with Crippen molar-refractivity contribution in [3.63, 3.8) is 0 Å². The summed E-state index contributed by atoms with van der Waals surface area (Å²) < 4.78 is 0. The first-order valence-electron chi connectivity index (χ1n) is 9.59. The molecule has 0 saturated carbocycles. The molecule has 2 aromatic carbocycles. The molecule has 0 aliphatic carbocycles. The highest BCUT2D eigenvalue weighted by atomic mass is 16.3. The van der Waals surface area contributed by atoms with Gasteiger partial charge >= 0.3 is 0 Å². The molecule has 6 nitrogen and oxygen atoms in total. The first-order chi connectivity index (χ1) is 13.9. The van der Waals surface area contributed by atoms with E-state index in [0.29, 0.717) is 17.6 Å². The summed E-state index contributed by atoms with van der Waals surface area (Å²) in [5.41, 5.74) is 9.46. The molecule has 0 bridgehead atoms. The van der Waals surface area contributed by atoms with Gasteiger partial charge in [-0.25, -0.2) is 0 Å². The Morgan fingerprint density at radius 1 is 1.28 bits per heavy atom. The van der Waals surface area contributed by atoms with Crippen LogP contribution in [0.25, 0.3) is 10.9 Å². The number of carbonyl (C=O) groups is 1. The maximum atomic E-state index is 12.6. The van der Waals surface area contributed by atoms with Crippen molar-refractivity contribution in [1.29, 1.82) is 0 Å². The van der Waals surface area contributed by atoms with Crippen LogP contribution in [-0.2, 0) is 13.0 Å². The number of pyridine rings is 1. The number of phenolic OH excluding ortho intramolecular Hbond substituents is 1. The van der Waals surface area contributed by atoms with Crippen molar-refractivity contribution in [3.05, 3.63) is 69.9 Å². The van der Waals surface area contributed by atoms with E-state index in [2.05, 4.69) is 52.8 Å². The Labute approximate surface area is 169 Å². The molecule has 1 amide bonds. The second-order valence-corrected chi connectivity index (χ2v) is 7.56. The van der Waals surface area contributed by atoms with Crippen LogP contribution in [-0.4, -0.2) is 40.7 Å². The average molecular weight is 388 g/mol. The van der Waals surface area contributed by atoms with Gasteiger partial charge in [-0.2, -0.15) is 5.10 Å². The van der Waals surface area contributed by atoms with Crippen molar-refractivity contribution >= 4 is 22.5 Å². The normalized spacial score (nSPS) is 13.9. The number of nitrogens with zero attached hydrogens (tertiary/aromatic N) is 3. The van der Waals surface area contributed by atoms with Gasteiger partial charge < -0.3 is 15.4 Å². The van der Waals surface area contributed by atoms with Crippen LogP contribution in [0, 0.1) is 6.92 Å². The standard InChI is InChI=1S/C23H24N4O2/c1-13-5-7-15(8-6-13)9-16-10-17-19(14(2)26-24-3)18-12-27(4)23(29)20(18)22(28)21(17)25-11-16/h5-8,10-11,24,28H,9,12H2,1-4H3/b26-14+. The predicted octanol–water partition coefficient (Wildman–Crippen LogP) is 3.37. The van der Waals surface area contributed by atoms with Crippen LogP contribution in [0.4, 0.5) is 0 Å². The number of rotatable bonds is 4. The molecule has 0 spiro atoms. The largest absolute Gasteiger partial charge is 0.505 e. The number of nitrogens with one attached hydrogen (secondary N) is 1. The Morgan fingerprint density at radius 2 is 2.00 bits per heavy atom. The van der Waals surface area contributed by atoms with E-state index in [0.717, 1.165) is 34.2 Å². The number of hydrogen-bond acceptors (Lipinski definition) is 5. The van der Waals surface area contributed by atoms with E-state index in [-0.39, 0.29) is 11.7 Å². The van der Waals surface area contributed by atoms with Gasteiger partial charge in [-0.05, 0) is 43.0 Å². The first-order valence-corrected chi connectivity index (χ1v) is 9.59. The molecule has 4 rings (SSSR count). The molecule has 0 unspecified atom stereocenters. The molecule has 6 heteroatoms. The zero-order valence-electron chi connectivity index (χ0n) is 17.1. The molecule has 3 aromatic rings. The number of benzene rings is 2. The van der Waals surface area contributed by atoms with Crippen LogP contribution >= 0.6 is 0 Å². The van der Waals surface area contributed by atoms with Crippen molar-refractivity contribution in [2.75, 3.05) is 14.1 Å². The fourth-order valence-corrected chi connectivity index (χ4v) is 4.00. The topological polar surface area (TPSA) is 77.8 Å². The molecule has 0 fully saturated rings. The van der Waals surface area contributed by atoms with Gasteiger partial charge in [0.2, 0.25) is 0 Å². The van der Waals surface area contributed by atoms with Crippen molar-refractivity contribution in [2.45, 2.75) is 26.8 Å². The Kier molecular flexibility index (Phi) is 4.70. The van der Waals surface area contributed by atoms with Gasteiger partial charge in [-0.1, -0.05) is 29.8 Å². The maximum absolute atomic E-state index is 12.6. The minimum Gasteiger partial charge on any atom is -0.505 e. The molecule has 148 valence electrons. The van der Waals surface area contributed by atoms with Gasteiger partial charge in [0.25, 0.3) is 5.91 Å². The second-order valence-electron chi connectivity index (χ2n) is 7.56. The molecular weight excluding hydrogens is 364 g/mol. The van der Waals surface area contributed by atoms with Crippen LogP contribution in [0.2, 0.25) is 0 Å². The molecule has 29 heavy (non-hydrogen) atoms. The van der Waals surface area contributed by atoms with Crippen LogP contribution in [0.3, 0.4) is 0 Å². The molecule has 2 N–H and O–H groups in total. The molecule has 1 aliphatic heterocycles. The number of phenols is 1. The van der Waals surface area contributed by atoms with Crippen LogP contribution < -0.4 is 5.43 Å². The summed E-state index contributed by atoms with van der Waals surface area (Å²) in [7, 11) is 3.47. The minimum atomic E-state index is -0.191. The van der Waals surface area contributed by atoms with E-state index in [1.54, 1.807) is 25.2 Å². The van der Waals surface area contributed by atoms with E-state index in [4.69, 9.17) is 0 Å². The lowest BCUT2D eigenvalue weighted by Gasteiger charge is -2.14. The maximum Gasteiger partial charge on any atom is 0.258 e. The smallest absolute Gasteiger partial charge is 0.258 e. The fraction of sp³-hybridized carbons (Fsp3) is 0.261. The Hall–Kier alpha value is -3.41. The first kappa shape index (κ1) is 18.9. The number of aryl methyl sites for hydroxylation is 1. The van der Waals surface area contributed by atoms with E-state index in [1.165, 1.54) is 11.1 Å². The fourth-order valence-electron chi connectivity index (χ4n) is 4.00. The van der Waals surface area contributed by atoms with Gasteiger partial charge in [-0.15, -0.1) is 0 Å². The number of fused-ring (bicyclic) bond motifs is 2. The summed E-state index contributed by atoms with van der Waals surface area (Å²) in [6, 6.07) is 10.5. The van der Waals surface area contributed by atoms with E-state index < -0.39 is 0 Å². The number of hydrazone groups is 1. The van der Waals surface area contributed by atoms with Crippen LogP contribution in [0.1, 0.15) is 45.1 Å². The van der Waals surface area contributed by atoms with Gasteiger partial charge in [-0.3, -0.25) is 9.78 Å². The van der Waals surface area contributed by atoms with Crippen molar-refractivity contribution in [3.8, 4) is 5.75 Å². The molecule has 1 aliphatic rings. The monoisotopic (exact) mass is 388 g/mol. The summed E-state index contributed by atoms with van der Waals surface area (Å²) in [4.78, 5) is 18.8. The number of hydrogen-bond donors (Lipinski definition) is 2. The van der Waals surface area contributed by atoms with Crippen molar-refractivity contribution in [2.24, 2.45) is 5.10 Å². The Bertz CT molecular complexity index is 1150. The van der Waals surface area contributed by atoms with Gasteiger partial charge in [0.05, 0.1) is 11.3 Å². The quantitative estimate of drug-likeness (QED) is 0.531. The highest BCUT2D eigenvalue weighted by molar-refractivity contribution is 6.17. The van der Waals surface area contributed by atoms with Gasteiger partial charge in [0.15, 0.2) is 5.75 Å². The molecule has 0 radical (unpaired) electrons. The minimum absolute atomic E-state index is 0.0488. The zero-order valence-corrected chi connectivity index (χ0v) is 17.1. The number of amides is 1. The lowest BCUT2D eigenvalue weighted by Crippen LogP contribution is -2.17. The highest BCUT2D eigenvalue weighted by Gasteiger charge is 2.33. The molecule has 1 aromatic heterocycles. The van der Waals surface area contributed by atoms with Crippen LogP contribution in [0.5, 0.6) is 5.75 Å². The van der Waals surface area contributed by atoms with Crippen LogP contribution in [0.15, 0.2) is 41.6 Å². The lowest BCUT2D eigenvalue weighted by atomic mass is 9.92. The average Bonchev–Trinajstić information content (AvgIpc) is 2.98. The third kappa shape index (κ3) is 3.20. The Morgan fingerprint density at radius 3 is 2.69 bits per heavy atom. The predicted molar refractivity (Wildman–Crippen MR) is 114 cm³/mol. The summed E-state index contributed by atoms with van der Waals surface area (Å²) in [6.45, 7) is 4.41. The zero-order chi connectivity index (χ0) is 20.7. The van der Waals surface area contributed by atoms with Crippen molar-refractivity contribution in [1.82, 2.24) is 15.3 Å². The third-order valence-electron chi connectivity index (χ3n) is 5.40. The van der Waals surface area contributed by atoms with Gasteiger partial charge in [0.1, 0.15) is 5.52 Å². The second kappa shape index (κ2) is 7.20. The molecule has 0 saturated heterocycles. The van der Waals surface area contributed by atoms with E-state index in [9.17, 15) is 9.90 Å². The van der Waals surface area contributed by atoms with Crippen molar-refractivity contribution < 1.29 is 9.90 Å². The SMILES string of the molecule is CN/N=C(\C)c1c2c(c(O)c3ncc(Cc4ccc(C)cc4)cc13)C(=O)N(C)C2. The Balaban J connectivity index is 1.93. The summed E-state index contributed by atoms with van der Waals surface area (Å²) >= 11 is 0. The lowest BCUT2D eigenvalue weighted by molar-refractivity contribution is 0.0814. The summed E-state index contributed by atoms with van der Waals surface area (Å²) in [6.07, 6.45) is 2.51. The highest BCUT2D eigenvalue weighted by Crippen LogP contribution is 2.39. The third-order valence-corrected chi connectivity index (χ3v) is 5.40. The number of aromatic hydroxyl groups is 1. The molecule has 2 heterocycles. The molecule has 0 atom stereocenters. The summed E-state index contributed by atoms with van der Waals surface area (Å²) in [5, 5.41) is 16.0. The molecular formula is C23H24N4O2. The van der Waals surface area contributed by atoms with Gasteiger partial charge in [0, 0.05) is 37.8 Å². The number of carbonyl (C=O) groups excluding carboxylic acids is 1. The van der Waals surface area contributed by atoms with E-state index >= 15 is 0 Å². The number of aromatic nitrogens is 1. The van der Waals surface area contributed by atoms with E-state index in [1.807, 2.05) is 6.92 Å².